The summed E-state index contributed by atoms with van der Waals surface area (Å²) in [4.78, 5) is 12.7. The van der Waals surface area contributed by atoms with Crippen LogP contribution in [-0.4, -0.2) is 45.9 Å². The van der Waals surface area contributed by atoms with E-state index in [2.05, 4.69) is 12.2 Å². The van der Waals surface area contributed by atoms with Crippen LogP contribution >= 0.6 is 0 Å². The molecule has 7 heteroatoms. The Morgan fingerprint density at radius 2 is 1.96 bits per heavy atom. The summed E-state index contributed by atoms with van der Waals surface area (Å²) >= 11 is 0. The van der Waals surface area contributed by atoms with Crippen LogP contribution in [0.1, 0.15) is 49.4 Å². The Balaban J connectivity index is 2.28. The Labute approximate surface area is 150 Å². The first kappa shape index (κ1) is 19.7. The lowest BCUT2D eigenvalue weighted by atomic mass is 9.83. The van der Waals surface area contributed by atoms with Crippen LogP contribution < -0.4 is 10.1 Å². The second-order valence-electron chi connectivity index (χ2n) is 6.69. The number of methoxy groups -OCH3 is 1. The monoisotopic (exact) mass is 368 g/mol. The van der Waals surface area contributed by atoms with E-state index in [-0.39, 0.29) is 22.6 Å². The Bertz CT molecular complexity index is 716. The van der Waals surface area contributed by atoms with Gasteiger partial charge in [0.15, 0.2) is 0 Å². The minimum absolute atomic E-state index is 0.00309. The van der Waals surface area contributed by atoms with Crippen molar-refractivity contribution >= 4 is 15.9 Å². The third kappa shape index (κ3) is 4.33. The molecule has 2 atom stereocenters. The van der Waals surface area contributed by atoms with Crippen LogP contribution in [0.5, 0.6) is 5.75 Å². The summed E-state index contributed by atoms with van der Waals surface area (Å²) in [5.74, 6) is 0.485. The SMILES string of the molecule is CCC1CCCCC1NC(=O)c1ccc(OC)c(S(=O)(=O)N(C)C)c1. The number of carbonyl (C=O) groups excluding carboxylic acids is 1. The van der Waals surface area contributed by atoms with Crippen molar-refractivity contribution < 1.29 is 17.9 Å². The Morgan fingerprint density at radius 3 is 2.56 bits per heavy atom. The van der Waals surface area contributed by atoms with Crippen molar-refractivity contribution in [1.82, 2.24) is 9.62 Å². The van der Waals surface area contributed by atoms with E-state index >= 15 is 0 Å². The zero-order valence-corrected chi connectivity index (χ0v) is 16.2. The molecule has 0 saturated heterocycles. The molecular formula is C18H28N2O4S. The van der Waals surface area contributed by atoms with Gasteiger partial charge in [0.25, 0.3) is 5.91 Å². The maximum absolute atomic E-state index is 12.7. The number of nitrogens with one attached hydrogen (secondary N) is 1. The number of hydrogen-bond acceptors (Lipinski definition) is 4. The van der Waals surface area contributed by atoms with Crippen LogP contribution in [0.2, 0.25) is 0 Å². The highest BCUT2D eigenvalue weighted by Gasteiger charge is 2.27. The van der Waals surface area contributed by atoms with Crippen LogP contribution in [0.15, 0.2) is 23.1 Å². The minimum atomic E-state index is -3.70. The summed E-state index contributed by atoms with van der Waals surface area (Å²) < 4.78 is 31.3. The van der Waals surface area contributed by atoms with Crippen molar-refractivity contribution in [3.63, 3.8) is 0 Å². The van der Waals surface area contributed by atoms with Crippen LogP contribution in [0, 0.1) is 5.92 Å². The van der Waals surface area contributed by atoms with Crippen LogP contribution in [0.4, 0.5) is 0 Å². The molecule has 0 bridgehead atoms. The van der Waals surface area contributed by atoms with Gasteiger partial charge < -0.3 is 10.1 Å². The summed E-state index contributed by atoms with van der Waals surface area (Å²) in [6.07, 6.45) is 5.46. The van der Waals surface area contributed by atoms with Gasteiger partial charge in [-0.25, -0.2) is 12.7 Å². The molecule has 25 heavy (non-hydrogen) atoms. The molecule has 1 N–H and O–H groups in total. The molecule has 1 amide bonds. The lowest BCUT2D eigenvalue weighted by molar-refractivity contribution is 0.0904. The minimum Gasteiger partial charge on any atom is -0.495 e. The molecule has 1 aromatic rings. The van der Waals surface area contributed by atoms with Gasteiger partial charge in [-0.3, -0.25) is 4.79 Å². The van der Waals surface area contributed by atoms with E-state index in [1.807, 2.05) is 0 Å². The molecule has 1 fully saturated rings. The van der Waals surface area contributed by atoms with Gasteiger partial charge in [0, 0.05) is 25.7 Å². The zero-order valence-electron chi connectivity index (χ0n) is 15.4. The van der Waals surface area contributed by atoms with Crippen LogP contribution in [0.25, 0.3) is 0 Å². The van der Waals surface area contributed by atoms with Gasteiger partial charge in [0.05, 0.1) is 7.11 Å². The van der Waals surface area contributed by atoms with Gasteiger partial charge in [-0.15, -0.1) is 0 Å². The summed E-state index contributed by atoms with van der Waals surface area (Å²) in [6.45, 7) is 2.14. The van der Waals surface area contributed by atoms with Crippen LogP contribution in [-0.2, 0) is 10.0 Å². The van der Waals surface area contributed by atoms with Crippen LogP contribution in [0.3, 0.4) is 0 Å². The number of rotatable bonds is 6. The molecule has 0 spiro atoms. The average Bonchev–Trinajstić information content (AvgIpc) is 2.61. The number of sulfonamides is 1. The molecule has 6 nitrogen and oxygen atoms in total. The Kier molecular flexibility index (Phi) is 6.46. The molecule has 1 aliphatic carbocycles. The third-order valence-corrected chi connectivity index (χ3v) is 6.77. The van der Waals surface area contributed by atoms with Crippen molar-refractivity contribution in [1.29, 1.82) is 0 Å². The number of hydrogen-bond donors (Lipinski definition) is 1. The van der Waals surface area contributed by atoms with E-state index in [1.54, 1.807) is 6.07 Å². The number of ether oxygens (including phenoxy) is 1. The van der Waals surface area contributed by atoms with Crippen molar-refractivity contribution in [2.45, 2.75) is 50.0 Å². The van der Waals surface area contributed by atoms with Gasteiger partial charge in [0.2, 0.25) is 10.0 Å². The third-order valence-electron chi connectivity index (χ3n) is 4.93. The first-order valence-electron chi connectivity index (χ1n) is 8.72. The first-order chi connectivity index (χ1) is 11.8. The lowest BCUT2D eigenvalue weighted by Crippen LogP contribution is -2.42. The largest absolute Gasteiger partial charge is 0.495 e. The number of carbonyl (C=O) groups is 1. The molecule has 2 unspecified atom stereocenters. The number of benzene rings is 1. The fourth-order valence-electron chi connectivity index (χ4n) is 3.35. The fourth-order valence-corrected chi connectivity index (χ4v) is 4.43. The molecule has 1 aromatic carbocycles. The van der Waals surface area contributed by atoms with Crippen molar-refractivity contribution in [3.8, 4) is 5.75 Å². The smallest absolute Gasteiger partial charge is 0.251 e. The van der Waals surface area contributed by atoms with Gasteiger partial charge >= 0.3 is 0 Å². The molecule has 1 aliphatic rings. The molecule has 0 heterocycles. The van der Waals surface area contributed by atoms with Crippen molar-refractivity contribution in [3.05, 3.63) is 23.8 Å². The molecule has 140 valence electrons. The van der Waals surface area contributed by atoms with E-state index in [9.17, 15) is 13.2 Å². The summed E-state index contributed by atoms with van der Waals surface area (Å²) in [7, 11) is 0.626. The number of amides is 1. The van der Waals surface area contributed by atoms with Crippen molar-refractivity contribution in [2.75, 3.05) is 21.2 Å². The summed E-state index contributed by atoms with van der Waals surface area (Å²) in [5.41, 5.74) is 0.335. The number of nitrogens with zero attached hydrogens (tertiary/aromatic N) is 1. The first-order valence-corrected chi connectivity index (χ1v) is 10.2. The highest BCUT2D eigenvalue weighted by atomic mass is 32.2. The van der Waals surface area contributed by atoms with Gasteiger partial charge in [-0.05, 0) is 37.0 Å². The standard InChI is InChI=1S/C18H28N2O4S/c1-5-13-8-6-7-9-15(13)19-18(21)14-10-11-16(24-4)17(12-14)25(22,23)20(2)3/h10-13,15H,5-9H2,1-4H3,(H,19,21). The van der Waals surface area contributed by atoms with E-state index in [1.165, 1.54) is 39.8 Å². The topological polar surface area (TPSA) is 75.7 Å². The van der Waals surface area contributed by atoms with Gasteiger partial charge in [-0.2, -0.15) is 0 Å². The van der Waals surface area contributed by atoms with E-state index < -0.39 is 10.0 Å². The molecule has 0 radical (unpaired) electrons. The molecule has 0 aliphatic heterocycles. The predicted octanol–water partition coefficient (Wildman–Crippen LogP) is 2.64. The van der Waals surface area contributed by atoms with Crippen molar-refractivity contribution in [2.24, 2.45) is 5.92 Å². The van der Waals surface area contributed by atoms with E-state index in [0.717, 1.165) is 30.0 Å². The highest BCUT2D eigenvalue weighted by Crippen LogP contribution is 2.29. The fraction of sp³-hybridized carbons (Fsp3) is 0.611. The zero-order chi connectivity index (χ0) is 18.6. The van der Waals surface area contributed by atoms with E-state index in [4.69, 9.17) is 4.74 Å². The quantitative estimate of drug-likeness (QED) is 0.837. The maximum Gasteiger partial charge on any atom is 0.251 e. The Morgan fingerprint density at radius 1 is 1.28 bits per heavy atom. The van der Waals surface area contributed by atoms with E-state index in [0.29, 0.717) is 11.5 Å². The maximum atomic E-state index is 12.7. The van der Waals surface area contributed by atoms with Gasteiger partial charge in [-0.1, -0.05) is 26.2 Å². The van der Waals surface area contributed by atoms with Gasteiger partial charge in [0.1, 0.15) is 10.6 Å². The molecule has 1 saturated carbocycles. The lowest BCUT2D eigenvalue weighted by Gasteiger charge is -2.31. The molecule has 2 rings (SSSR count). The molecule has 0 aromatic heterocycles. The molecular weight excluding hydrogens is 340 g/mol. The second kappa shape index (κ2) is 8.19. The highest BCUT2D eigenvalue weighted by molar-refractivity contribution is 7.89. The Hall–Kier alpha value is -1.60. The second-order valence-corrected chi connectivity index (χ2v) is 8.81. The summed E-state index contributed by atoms with van der Waals surface area (Å²) in [5, 5.41) is 3.09. The normalized spacial score (nSPS) is 21.2. The predicted molar refractivity (Wildman–Crippen MR) is 97.4 cm³/mol. The summed E-state index contributed by atoms with van der Waals surface area (Å²) in [6, 6.07) is 4.69. The average molecular weight is 368 g/mol.